The number of anilines is 1. The summed E-state index contributed by atoms with van der Waals surface area (Å²) in [7, 11) is 1.90. The highest BCUT2D eigenvalue weighted by atomic mass is 15.3. The molecule has 5 rings (SSSR count). The average molecular weight is 409 g/mol. The summed E-state index contributed by atoms with van der Waals surface area (Å²) in [5.41, 5.74) is 8.25. The van der Waals surface area contributed by atoms with Crippen LogP contribution in [0.3, 0.4) is 0 Å². The molecule has 0 aliphatic heterocycles. The summed E-state index contributed by atoms with van der Waals surface area (Å²) >= 11 is 0. The van der Waals surface area contributed by atoms with Gasteiger partial charge in [0.15, 0.2) is 0 Å². The molecule has 2 aromatic carbocycles. The lowest BCUT2D eigenvalue weighted by atomic mass is 9.81. The highest BCUT2D eigenvalue weighted by Crippen LogP contribution is 2.38. The van der Waals surface area contributed by atoms with Crippen molar-refractivity contribution in [3.8, 4) is 11.8 Å². The maximum absolute atomic E-state index is 9.55. The van der Waals surface area contributed by atoms with Gasteiger partial charge in [0.1, 0.15) is 5.69 Å². The monoisotopic (exact) mass is 408 g/mol. The lowest BCUT2D eigenvalue weighted by molar-refractivity contribution is 0.599. The van der Waals surface area contributed by atoms with E-state index >= 15 is 0 Å². The Morgan fingerprint density at radius 2 is 2.10 bits per heavy atom. The van der Waals surface area contributed by atoms with Gasteiger partial charge in [-0.05, 0) is 72.7 Å². The summed E-state index contributed by atoms with van der Waals surface area (Å²) in [5, 5.41) is 23.2. The molecular formula is C25H24N6. The Balaban J connectivity index is 1.52. The van der Waals surface area contributed by atoms with Crippen LogP contribution in [0.25, 0.3) is 22.2 Å². The number of hydrogen-bond donors (Lipinski definition) is 1. The van der Waals surface area contributed by atoms with Crippen LogP contribution in [0.15, 0.2) is 55.5 Å². The van der Waals surface area contributed by atoms with Crippen molar-refractivity contribution < 1.29 is 0 Å². The summed E-state index contributed by atoms with van der Waals surface area (Å²) in [6.07, 6.45) is 8.76. The summed E-state index contributed by atoms with van der Waals surface area (Å²) in [6, 6.07) is 12.9. The summed E-state index contributed by atoms with van der Waals surface area (Å²) in [6.45, 7) is 6.12. The molecule has 4 aromatic rings. The quantitative estimate of drug-likeness (QED) is 0.507. The minimum Gasteiger partial charge on any atom is -0.378 e. The number of rotatable bonds is 4. The van der Waals surface area contributed by atoms with Gasteiger partial charge in [-0.25, -0.2) is 4.68 Å². The summed E-state index contributed by atoms with van der Waals surface area (Å²) in [5.74, 6) is 0. The zero-order valence-electron chi connectivity index (χ0n) is 17.8. The van der Waals surface area contributed by atoms with E-state index in [1.165, 1.54) is 11.1 Å². The molecule has 0 amide bonds. The molecule has 6 heteroatoms. The molecule has 1 N–H and O–H groups in total. The Morgan fingerprint density at radius 3 is 2.84 bits per heavy atom. The fourth-order valence-corrected chi connectivity index (χ4v) is 4.66. The van der Waals surface area contributed by atoms with Gasteiger partial charge in [0.25, 0.3) is 0 Å². The SMILES string of the molecule is C=C(C)c1c(C#N)ccc2c1CCCC2Nc1ccc2cnn(-c3cnn(C)c3)c2c1. The molecule has 0 saturated carbocycles. The minimum absolute atomic E-state index is 0.196. The number of aromatic nitrogens is 4. The standard InChI is InChI=1S/C25H24N6/c1-16(2)25-17(12-26)8-10-21-22(25)5-4-6-23(21)29-19-9-7-18-13-28-31(24(18)11-19)20-14-27-30(3)15-20/h7-11,13-15,23,29H,1,4-6H2,2-3H3. The number of aryl methyl sites for hydroxylation is 1. The molecule has 154 valence electrons. The van der Waals surface area contributed by atoms with Gasteiger partial charge in [-0.1, -0.05) is 12.6 Å². The molecule has 0 spiro atoms. The van der Waals surface area contributed by atoms with Crippen molar-refractivity contribution in [3.63, 3.8) is 0 Å². The molecule has 1 atom stereocenters. The van der Waals surface area contributed by atoms with Gasteiger partial charge < -0.3 is 5.32 Å². The maximum atomic E-state index is 9.55. The molecule has 0 fully saturated rings. The van der Waals surface area contributed by atoms with Crippen molar-refractivity contribution in [3.05, 3.63) is 77.8 Å². The third-order valence-corrected chi connectivity index (χ3v) is 6.04. The van der Waals surface area contributed by atoms with Crippen molar-refractivity contribution in [2.75, 3.05) is 5.32 Å². The zero-order valence-corrected chi connectivity index (χ0v) is 17.8. The zero-order chi connectivity index (χ0) is 21.5. The number of hydrogen-bond acceptors (Lipinski definition) is 4. The van der Waals surface area contributed by atoms with Gasteiger partial charge >= 0.3 is 0 Å². The molecule has 0 radical (unpaired) electrons. The van der Waals surface area contributed by atoms with Crippen LogP contribution in [0.1, 0.15) is 48.1 Å². The molecule has 2 aromatic heterocycles. The Hall–Kier alpha value is -3.85. The number of allylic oxidation sites excluding steroid dienone is 1. The lowest BCUT2D eigenvalue weighted by Gasteiger charge is -2.29. The minimum atomic E-state index is 0.196. The van der Waals surface area contributed by atoms with E-state index in [9.17, 15) is 5.26 Å². The largest absolute Gasteiger partial charge is 0.378 e. The summed E-state index contributed by atoms with van der Waals surface area (Å²) in [4.78, 5) is 0. The first-order chi connectivity index (χ1) is 15.0. The molecule has 1 aliphatic rings. The van der Waals surface area contributed by atoms with Crippen LogP contribution < -0.4 is 5.32 Å². The first-order valence-electron chi connectivity index (χ1n) is 10.5. The van der Waals surface area contributed by atoms with Crippen molar-refractivity contribution in [1.82, 2.24) is 19.6 Å². The third-order valence-electron chi connectivity index (χ3n) is 6.04. The molecule has 1 unspecified atom stereocenters. The molecule has 0 saturated heterocycles. The van der Waals surface area contributed by atoms with E-state index in [1.807, 2.05) is 43.3 Å². The fraction of sp³-hybridized carbons (Fsp3) is 0.240. The fourth-order valence-electron chi connectivity index (χ4n) is 4.66. The van der Waals surface area contributed by atoms with Crippen LogP contribution in [0, 0.1) is 11.3 Å². The van der Waals surface area contributed by atoms with Crippen LogP contribution in [-0.4, -0.2) is 19.6 Å². The van der Waals surface area contributed by atoms with Crippen LogP contribution >= 0.6 is 0 Å². The van der Waals surface area contributed by atoms with Crippen LogP contribution in [-0.2, 0) is 13.5 Å². The van der Waals surface area contributed by atoms with Crippen molar-refractivity contribution in [1.29, 1.82) is 5.26 Å². The second-order valence-corrected chi connectivity index (χ2v) is 8.24. The number of nitriles is 1. The smallest absolute Gasteiger partial charge is 0.103 e. The summed E-state index contributed by atoms with van der Waals surface area (Å²) < 4.78 is 3.69. The molecule has 6 nitrogen and oxygen atoms in total. The second kappa shape index (κ2) is 7.44. The van der Waals surface area contributed by atoms with Gasteiger partial charge in [-0.3, -0.25) is 4.68 Å². The average Bonchev–Trinajstić information content (AvgIpc) is 3.38. The van der Waals surface area contributed by atoms with E-state index in [0.29, 0.717) is 5.56 Å². The molecular weight excluding hydrogens is 384 g/mol. The van der Waals surface area contributed by atoms with Gasteiger partial charge in [-0.2, -0.15) is 15.5 Å². The highest BCUT2D eigenvalue weighted by molar-refractivity contribution is 5.84. The number of nitrogens with zero attached hydrogens (tertiary/aromatic N) is 5. The second-order valence-electron chi connectivity index (χ2n) is 8.24. The Kier molecular flexibility index (Phi) is 4.59. The Morgan fingerprint density at radius 1 is 1.23 bits per heavy atom. The van der Waals surface area contributed by atoms with Gasteiger partial charge in [-0.15, -0.1) is 0 Å². The number of benzene rings is 2. The van der Waals surface area contributed by atoms with E-state index in [1.54, 1.807) is 4.68 Å². The first kappa shape index (κ1) is 19.1. The topological polar surface area (TPSA) is 71.5 Å². The van der Waals surface area contributed by atoms with Crippen LogP contribution in [0.5, 0.6) is 0 Å². The van der Waals surface area contributed by atoms with Crippen LogP contribution in [0.4, 0.5) is 5.69 Å². The molecule has 0 bridgehead atoms. The van der Waals surface area contributed by atoms with E-state index < -0.39 is 0 Å². The van der Waals surface area contributed by atoms with E-state index in [-0.39, 0.29) is 6.04 Å². The number of nitrogens with one attached hydrogen (secondary N) is 1. The third kappa shape index (κ3) is 3.28. The predicted octanol–water partition coefficient (Wildman–Crippen LogP) is 5.15. The van der Waals surface area contributed by atoms with E-state index in [4.69, 9.17) is 0 Å². The normalized spacial score (nSPS) is 15.5. The van der Waals surface area contributed by atoms with E-state index in [0.717, 1.165) is 52.7 Å². The number of fused-ring (bicyclic) bond motifs is 2. The van der Waals surface area contributed by atoms with Crippen LogP contribution in [0.2, 0.25) is 0 Å². The molecule has 1 aliphatic carbocycles. The first-order valence-corrected chi connectivity index (χ1v) is 10.5. The Bertz CT molecular complexity index is 1350. The highest BCUT2D eigenvalue weighted by Gasteiger charge is 2.24. The molecule has 31 heavy (non-hydrogen) atoms. The van der Waals surface area contributed by atoms with Gasteiger partial charge in [0, 0.05) is 18.1 Å². The Labute approximate surface area is 181 Å². The van der Waals surface area contributed by atoms with E-state index in [2.05, 4.69) is 52.4 Å². The van der Waals surface area contributed by atoms with Crippen molar-refractivity contribution >= 4 is 22.2 Å². The van der Waals surface area contributed by atoms with Gasteiger partial charge in [0.05, 0.1) is 41.8 Å². The molecule has 2 heterocycles. The van der Waals surface area contributed by atoms with Gasteiger partial charge in [0.2, 0.25) is 0 Å². The predicted molar refractivity (Wildman–Crippen MR) is 123 cm³/mol. The van der Waals surface area contributed by atoms with Crippen molar-refractivity contribution in [2.45, 2.75) is 32.2 Å². The van der Waals surface area contributed by atoms with Crippen molar-refractivity contribution in [2.24, 2.45) is 7.05 Å². The maximum Gasteiger partial charge on any atom is 0.103 e. The lowest BCUT2D eigenvalue weighted by Crippen LogP contribution is -2.19.